The summed E-state index contributed by atoms with van der Waals surface area (Å²) in [6.07, 6.45) is 2.55. The van der Waals surface area contributed by atoms with Gasteiger partial charge in [0.15, 0.2) is 0 Å². The molecule has 0 saturated carbocycles. The average molecular weight is 201 g/mol. The summed E-state index contributed by atoms with van der Waals surface area (Å²) in [6, 6.07) is 0.400. The highest BCUT2D eigenvalue weighted by Crippen LogP contribution is 2.21. The van der Waals surface area contributed by atoms with E-state index >= 15 is 0 Å². The smallest absolute Gasteiger partial charge is 0.307 e. The van der Waals surface area contributed by atoms with Crippen LogP contribution in [0.25, 0.3) is 0 Å². The Morgan fingerprint density at radius 3 is 3.00 bits per heavy atom. The van der Waals surface area contributed by atoms with Crippen LogP contribution in [0.1, 0.15) is 26.2 Å². The van der Waals surface area contributed by atoms with E-state index in [1.807, 2.05) is 6.92 Å². The van der Waals surface area contributed by atoms with E-state index in [9.17, 15) is 4.79 Å². The first kappa shape index (κ1) is 11.5. The Morgan fingerprint density at radius 1 is 1.71 bits per heavy atom. The molecule has 14 heavy (non-hydrogen) atoms. The number of ether oxygens (including phenoxy) is 1. The lowest BCUT2D eigenvalue weighted by Crippen LogP contribution is -2.40. The first-order chi connectivity index (χ1) is 6.69. The SMILES string of the molecule is COC(=O)CC(C)N1CCC[C@@H]1CO. The number of hydrogen-bond acceptors (Lipinski definition) is 4. The number of likely N-dealkylation sites (tertiary alicyclic amines) is 1. The molecule has 0 bridgehead atoms. The first-order valence-corrected chi connectivity index (χ1v) is 5.12. The van der Waals surface area contributed by atoms with Crippen molar-refractivity contribution >= 4 is 5.97 Å². The van der Waals surface area contributed by atoms with Crippen molar-refractivity contribution in [3.63, 3.8) is 0 Å². The van der Waals surface area contributed by atoms with Gasteiger partial charge in [0.1, 0.15) is 0 Å². The zero-order valence-corrected chi connectivity index (χ0v) is 8.90. The molecule has 1 aliphatic heterocycles. The van der Waals surface area contributed by atoms with Crippen LogP contribution in [0.2, 0.25) is 0 Å². The minimum atomic E-state index is -0.180. The van der Waals surface area contributed by atoms with Crippen LogP contribution in [0.3, 0.4) is 0 Å². The number of aliphatic hydroxyl groups excluding tert-OH is 1. The molecule has 0 amide bonds. The van der Waals surface area contributed by atoms with Crippen LogP contribution in [0.15, 0.2) is 0 Å². The van der Waals surface area contributed by atoms with Crippen LogP contribution in [-0.2, 0) is 9.53 Å². The molecule has 0 aromatic rings. The van der Waals surface area contributed by atoms with Gasteiger partial charge in [-0.2, -0.15) is 0 Å². The lowest BCUT2D eigenvalue weighted by atomic mass is 10.1. The maximum atomic E-state index is 11.1. The van der Waals surface area contributed by atoms with Crippen molar-refractivity contribution < 1.29 is 14.6 Å². The fourth-order valence-electron chi connectivity index (χ4n) is 2.08. The van der Waals surface area contributed by atoms with E-state index in [0.29, 0.717) is 6.42 Å². The fraction of sp³-hybridized carbons (Fsp3) is 0.900. The molecule has 0 radical (unpaired) electrons. The van der Waals surface area contributed by atoms with Gasteiger partial charge in [-0.1, -0.05) is 0 Å². The minimum Gasteiger partial charge on any atom is -0.469 e. The molecule has 4 nitrogen and oxygen atoms in total. The second-order valence-electron chi connectivity index (χ2n) is 3.85. The van der Waals surface area contributed by atoms with Crippen molar-refractivity contribution in [3.8, 4) is 0 Å². The first-order valence-electron chi connectivity index (χ1n) is 5.12. The summed E-state index contributed by atoms with van der Waals surface area (Å²) in [4.78, 5) is 13.3. The van der Waals surface area contributed by atoms with Gasteiger partial charge >= 0.3 is 5.97 Å². The lowest BCUT2D eigenvalue weighted by molar-refractivity contribution is -0.142. The zero-order valence-electron chi connectivity index (χ0n) is 8.90. The Labute approximate surface area is 84.8 Å². The van der Waals surface area contributed by atoms with Gasteiger partial charge in [-0.3, -0.25) is 9.69 Å². The van der Waals surface area contributed by atoms with Crippen LogP contribution < -0.4 is 0 Å². The van der Waals surface area contributed by atoms with Crippen LogP contribution in [0, 0.1) is 0 Å². The van der Waals surface area contributed by atoms with Gasteiger partial charge in [0.05, 0.1) is 20.1 Å². The van der Waals surface area contributed by atoms with Crippen molar-refractivity contribution in [1.82, 2.24) is 4.90 Å². The number of nitrogens with zero attached hydrogens (tertiary/aromatic N) is 1. The second kappa shape index (κ2) is 5.32. The van der Waals surface area contributed by atoms with Crippen molar-refractivity contribution in [2.45, 2.75) is 38.3 Å². The maximum absolute atomic E-state index is 11.1. The van der Waals surface area contributed by atoms with E-state index < -0.39 is 0 Å². The molecule has 1 saturated heterocycles. The molecular formula is C10H19NO3. The molecule has 1 fully saturated rings. The van der Waals surface area contributed by atoms with Gasteiger partial charge in [-0.25, -0.2) is 0 Å². The fourth-order valence-corrected chi connectivity index (χ4v) is 2.08. The van der Waals surface area contributed by atoms with E-state index in [1.54, 1.807) is 0 Å². The third kappa shape index (κ3) is 2.69. The van der Waals surface area contributed by atoms with Crippen LogP contribution >= 0.6 is 0 Å². The molecule has 4 heteroatoms. The van der Waals surface area contributed by atoms with Crippen molar-refractivity contribution in [2.75, 3.05) is 20.3 Å². The average Bonchev–Trinajstić information content (AvgIpc) is 2.65. The van der Waals surface area contributed by atoms with Gasteiger partial charge < -0.3 is 9.84 Å². The van der Waals surface area contributed by atoms with Gasteiger partial charge in [-0.05, 0) is 26.3 Å². The Balaban J connectivity index is 2.42. The quantitative estimate of drug-likeness (QED) is 0.669. The normalized spacial score (nSPS) is 24.9. The molecule has 1 aliphatic rings. The highest BCUT2D eigenvalue weighted by molar-refractivity contribution is 5.69. The molecule has 82 valence electrons. The summed E-state index contributed by atoms with van der Waals surface area (Å²) in [7, 11) is 1.41. The van der Waals surface area contributed by atoms with E-state index in [2.05, 4.69) is 9.64 Å². The van der Waals surface area contributed by atoms with Crippen LogP contribution in [0.4, 0.5) is 0 Å². The molecule has 0 aromatic heterocycles. The summed E-state index contributed by atoms with van der Waals surface area (Å²) < 4.78 is 4.62. The number of methoxy groups -OCH3 is 1. The molecule has 0 aromatic carbocycles. The highest BCUT2D eigenvalue weighted by Gasteiger charge is 2.28. The molecular weight excluding hydrogens is 182 g/mol. The van der Waals surface area contributed by atoms with E-state index in [4.69, 9.17) is 5.11 Å². The topological polar surface area (TPSA) is 49.8 Å². The Bertz CT molecular complexity index is 196. The molecule has 0 spiro atoms. The number of esters is 1. The lowest BCUT2D eigenvalue weighted by Gasteiger charge is -2.28. The predicted octanol–water partition coefficient (Wildman–Crippen LogP) is 0.395. The van der Waals surface area contributed by atoms with Crippen molar-refractivity contribution in [2.24, 2.45) is 0 Å². The summed E-state index contributed by atoms with van der Waals surface area (Å²) in [5.41, 5.74) is 0. The second-order valence-corrected chi connectivity index (χ2v) is 3.85. The van der Waals surface area contributed by atoms with Gasteiger partial charge in [0, 0.05) is 12.1 Å². The molecule has 2 atom stereocenters. The van der Waals surface area contributed by atoms with E-state index in [0.717, 1.165) is 19.4 Å². The third-order valence-electron chi connectivity index (χ3n) is 2.89. The van der Waals surface area contributed by atoms with Gasteiger partial charge in [0.2, 0.25) is 0 Å². The van der Waals surface area contributed by atoms with Crippen molar-refractivity contribution in [3.05, 3.63) is 0 Å². The zero-order chi connectivity index (χ0) is 10.6. The van der Waals surface area contributed by atoms with Gasteiger partial charge in [-0.15, -0.1) is 0 Å². The summed E-state index contributed by atoms with van der Waals surface area (Å²) in [5, 5.41) is 9.12. The Morgan fingerprint density at radius 2 is 2.43 bits per heavy atom. The van der Waals surface area contributed by atoms with Crippen LogP contribution in [-0.4, -0.2) is 48.3 Å². The monoisotopic (exact) mass is 201 g/mol. The largest absolute Gasteiger partial charge is 0.469 e. The number of rotatable bonds is 4. The van der Waals surface area contributed by atoms with E-state index in [1.165, 1.54) is 7.11 Å². The number of aliphatic hydroxyl groups is 1. The molecule has 1 heterocycles. The van der Waals surface area contributed by atoms with Crippen molar-refractivity contribution in [1.29, 1.82) is 0 Å². The number of hydrogen-bond donors (Lipinski definition) is 1. The van der Waals surface area contributed by atoms with Gasteiger partial charge in [0.25, 0.3) is 0 Å². The van der Waals surface area contributed by atoms with E-state index in [-0.39, 0.29) is 24.7 Å². The predicted molar refractivity (Wildman–Crippen MR) is 52.9 cm³/mol. The Kier molecular flexibility index (Phi) is 4.35. The highest BCUT2D eigenvalue weighted by atomic mass is 16.5. The third-order valence-corrected chi connectivity index (χ3v) is 2.89. The molecule has 1 unspecified atom stereocenters. The minimum absolute atomic E-state index is 0.169. The Hall–Kier alpha value is -0.610. The molecule has 0 aliphatic carbocycles. The number of carbonyl (C=O) groups is 1. The molecule has 1 N–H and O–H groups in total. The molecule has 1 rings (SSSR count). The van der Waals surface area contributed by atoms with Crippen LogP contribution in [0.5, 0.6) is 0 Å². The standard InChI is InChI=1S/C10H19NO3/c1-8(6-10(13)14-2)11-5-3-4-9(11)7-12/h8-9,12H,3-7H2,1-2H3/t8?,9-/m1/s1. The number of carbonyl (C=O) groups excluding carboxylic acids is 1. The summed E-state index contributed by atoms with van der Waals surface area (Å²) in [5.74, 6) is -0.180. The summed E-state index contributed by atoms with van der Waals surface area (Å²) >= 11 is 0. The maximum Gasteiger partial charge on any atom is 0.307 e. The summed E-state index contributed by atoms with van der Waals surface area (Å²) in [6.45, 7) is 3.17.